The molecule has 4 aromatic rings. The van der Waals surface area contributed by atoms with E-state index in [4.69, 9.17) is 30.3 Å². The molecule has 0 saturated heterocycles. The first-order valence-corrected chi connectivity index (χ1v) is 12.1. The first-order valence-electron chi connectivity index (χ1n) is 11.7. The minimum Gasteiger partial charge on any atom is -0.493 e. The van der Waals surface area contributed by atoms with Crippen LogP contribution in [0, 0.1) is 12.8 Å². The number of carbonyl (C=O) groups excluding carboxylic acids is 1. The fourth-order valence-corrected chi connectivity index (χ4v) is 5.26. The number of aryl methyl sites for hydroxylation is 1. The normalized spacial score (nSPS) is 16.9. The average molecular weight is 524 g/mol. The van der Waals surface area contributed by atoms with Gasteiger partial charge in [0.15, 0.2) is 11.5 Å². The van der Waals surface area contributed by atoms with Gasteiger partial charge in [-0.1, -0.05) is 35.0 Å². The van der Waals surface area contributed by atoms with Crippen LogP contribution < -0.4 is 25.1 Å². The van der Waals surface area contributed by atoms with Gasteiger partial charge in [0.25, 0.3) is 5.56 Å². The molecule has 2 atom stereocenters. The second kappa shape index (κ2) is 9.82. The molecule has 37 heavy (non-hydrogen) atoms. The van der Waals surface area contributed by atoms with E-state index in [-0.39, 0.29) is 29.8 Å². The first-order chi connectivity index (χ1) is 17.9. The third-order valence-electron chi connectivity index (χ3n) is 6.66. The molecule has 2 aromatic carbocycles. The number of rotatable bonds is 7. The van der Waals surface area contributed by atoms with Crippen LogP contribution in [0.1, 0.15) is 24.6 Å². The van der Waals surface area contributed by atoms with Crippen molar-refractivity contribution < 1.29 is 23.5 Å². The van der Waals surface area contributed by atoms with Crippen molar-refractivity contribution in [3.05, 3.63) is 63.6 Å². The zero-order chi connectivity index (χ0) is 26.3. The second-order valence-corrected chi connectivity index (χ2v) is 9.29. The minimum atomic E-state index is -0.244. The maximum atomic E-state index is 13.5. The number of anilines is 1. The molecule has 5 rings (SSSR count). The fraction of sp³-hybridized carbons (Fsp3) is 0.296. The van der Waals surface area contributed by atoms with Crippen LogP contribution in [0.15, 0.2) is 51.8 Å². The monoisotopic (exact) mass is 523 g/mol. The lowest BCUT2D eigenvalue weighted by atomic mass is 10.0. The summed E-state index contributed by atoms with van der Waals surface area (Å²) in [5, 5.41) is 8.58. The van der Waals surface area contributed by atoms with Crippen molar-refractivity contribution in [2.75, 3.05) is 26.6 Å². The summed E-state index contributed by atoms with van der Waals surface area (Å²) in [6.45, 7) is 1.71. The number of nitrogens with one attached hydrogen (secondary N) is 1. The molecule has 0 spiro atoms. The van der Waals surface area contributed by atoms with Crippen molar-refractivity contribution >= 4 is 45.0 Å². The standard InChI is InChI=1S/C27H26ClN3O6/c1-14-23-25(30-37-14)24-18(28)6-5-7-19(24)31(27(23)33)17-9-8-15(10-17)11-22(32)29-16-12-20(34-2)26(36-4)21(13-16)35-3/h5-9,12-13,15,17H,10-11H2,1-4H3,(H,29,32)/t15-,17+/m1/s1. The Hall–Kier alpha value is -3.98. The summed E-state index contributed by atoms with van der Waals surface area (Å²) in [5.41, 5.74) is 1.47. The van der Waals surface area contributed by atoms with Crippen LogP contribution in [0.5, 0.6) is 17.2 Å². The number of benzene rings is 2. The van der Waals surface area contributed by atoms with Gasteiger partial charge in [0, 0.05) is 29.6 Å². The van der Waals surface area contributed by atoms with E-state index in [2.05, 4.69) is 10.5 Å². The molecule has 0 unspecified atom stereocenters. The summed E-state index contributed by atoms with van der Waals surface area (Å²) in [5.74, 6) is 1.55. The van der Waals surface area contributed by atoms with Gasteiger partial charge in [-0.25, -0.2) is 0 Å². The maximum Gasteiger partial charge on any atom is 0.264 e. The summed E-state index contributed by atoms with van der Waals surface area (Å²) in [7, 11) is 4.55. The molecule has 2 heterocycles. The lowest BCUT2D eigenvalue weighted by Gasteiger charge is -2.19. The Balaban J connectivity index is 1.39. The highest BCUT2D eigenvalue weighted by molar-refractivity contribution is 6.37. The zero-order valence-electron chi connectivity index (χ0n) is 20.8. The predicted molar refractivity (Wildman–Crippen MR) is 141 cm³/mol. The number of pyridine rings is 1. The van der Waals surface area contributed by atoms with Gasteiger partial charge in [-0.05, 0) is 31.4 Å². The highest BCUT2D eigenvalue weighted by atomic mass is 35.5. The molecule has 10 heteroatoms. The third-order valence-corrected chi connectivity index (χ3v) is 6.98. The summed E-state index contributed by atoms with van der Waals surface area (Å²) in [6, 6.07) is 8.54. The first kappa shape index (κ1) is 24.7. The second-order valence-electron chi connectivity index (χ2n) is 8.89. The smallest absolute Gasteiger partial charge is 0.264 e. The Morgan fingerprint density at radius 3 is 2.54 bits per heavy atom. The number of aromatic nitrogens is 2. The van der Waals surface area contributed by atoms with Crippen molar-refractivity contribution in [1.29, 1.82) is 0 Å². The molecule has 0 fully saturated rings. The van der Waals surface area contributed by atoms with E-state index in [1.807, 2.05) is 18.2 Å². The van der Waals surface area contributed by atoms with Crippen molar-refractivity contribution in [2.45, 2.75) is 25.8 Å². The summed E-state index contributed by atoms with van der Waals surface area (Å²) in [6.07, 6.45) is 4.77. The van der Waals surface area contributed by atoms with Gasteiger partial charge in [-0.3, -0.25) is 9.59 Å². The number of hydrogen-bond donors (Lipinski definition) is 1. The molecule has 192 valence electrons. The number of fused-ring (bicyclic) bond motifs is 3. The van der Waals surface area contributed by atoms with Crippen LogP contribution in [-0.2, 0) is 4.79 Å². The van der Waals surface area contributed by atoms with Crippen LogP contribution in [0.4, 0.5) is 5.69 Å². The number of allylic oxidation sites excluding steroid dienone is 2. The molecule has 1 aliphatic rings. The van der Waals surface area contributed by atoms with Crippen LogP contribution in [0.3, 0.4) is 0 Å². The Morgan fingerprint density at radius 2 is 1.86 bits per heavy atom. The van der Waals surface area contributed by atoms with Crippen molar-refractivity contribution in [3.63, 3.8) is 0 Å². The SMILES string of the molecule is COc1cc(NC(=O)C[C@@H]2C=C[C@H](n3c(=O)c4c(C)onc4c4c(Cl)cccc43)C2)cc(OC)c1OC. The third kappa shape index (κ3) is 4.29. The van der Waals surface area contributed by atoms with Gasteiger partial charge >= 0.3 is 0 Å². The molecule has 0 radical (unpaired) electrons. The van der Waals surface area contributed by atoms with Crippen LogP contribution in [0.25, 0.3) is 21.8 Å². The Kier molecular flexibility index (Phi) is 6.55. The Morgan fingerprint density at radius 1 is 1.14 bits per heavy atom. The zero-order valence-corrected chi connectivity index (χ0v) is 21.6. The van der Waals surface area contributed by atoms with E-state index in [1.54, 1.807) is 35.8 Å². The average Bonchev–Trinajstić information content (AvgIpc) is 3.50. The predicted octanol–water partition coefficient (Wildman–Crippen LogP) is 5.28. The highest BCUT2D eigenvalue weighted by Crippen LogP contribution is 2.40. The summed E-state index contributed by atoms with van der Waals surface area (Å²) >= 11 is 6.52. The van der Waals surface area contributed by atoms with Gasteiger partial charge in [-0.15, -0.1) is 0 Å². The van der Waals surface area contributed by atoms with E-state index in [0.717, 1.165) is 0 Å². The van der Waals surface area contributed by atoms with Crippen LogP contribution in [0.2, 0.25) is 5.02 Å². The highest BCUT2D eigenvalue weighted by Gasteiger charge is 2.27. The van der Waals surface area contributed by atoms with E-state index < -0.39 is 0 Å². The van der Waals surface area contributed by atoms with Gasteiger partial charge in [-0.2, -0.15) is 0 Å². The number of amides is 1. The number of methoxy groups -OCH3 is 3. The maximum absolute atomic E-state index is 13.5. The number of nitrogens with zero attached hydrogens (tertiary/aromatic N) is 2. The van der Waals surface area contributed by atoms with Crippen molar-refractivity contribution in [2.24, 2.45) is 5.92 Å². The van der Waals surface area contributed by atoms with Gasteiger partial charge in [0.2, 0.25) is 11.7 Å². The van der Waals surface area contributed by atoms with Gasteiger partial charge < -0.3 is 28.6 Å². The Bertz CT molecular complexity index is 1580. The van der Waals surface area contributed by atoms with Crippen LogP contribution in [-0.4, -0.2) is 37.0 Å². The van der Waals surface area contributed by atoms with E-state index >= 15 is 0 Å². The van der Waals surface area contributed by atoms with E-state index in [9.17, 15) is 9.59 Å². The molecule has 2 aromatic heterocycles. The molecule has 9 nitrogen and oxygen atoms in total. The molecule has 0 bridgehead atoms. The molecule has 1 amide bonds. The molecule has 0 aliphatic heterocycles. The minimum absolute atomic E-state index is 0.0626. The lowest BCUT2D eigenvalue weighted by molar-refractivity contribution is -0.116. The lowest BCUT2D eigenvalue weighted by Crippen LogP contribution is -2.25. The molecule has 1 aliphatic carbocycles. The summed E-state index contributed by atoms with van der Waals surface area (Å²) in [4.78, 5) is 26.4. The van der Waals surface area contributed by atoms with E-state index in [0.29, 0.717) is 61.9 Å². The molecular formula is C27H26ClN3O6. The van der Waals surface area contributed by atoms with Crippen molar-refractivity contribution in [3.8, 4) is 17.2 Å². The van der Waals surface area contributed by atoms with E-state index in [1.165, 1.54) is 21.3 Å². The Labute approximate surface area is 217 Å². The number of halogens is 1. The fourth-order valence-electron chi connectivity index (χ4n) is 5.00. The molecular weight excluding hydrogens is 498 g/mol. The van der Waals surface area contributed by atoms with Crippen molar-refractivity contribution in [1.82, 2.24) is 9.72 Å². The topological polar surface area (TPSA) is 105 Å². The molecule has 0 saturated carbocycles. The van der Waals surface area contributed by atoms with Gasteiger partial charge in [0.05, 0.1) is 37.9 Å². The quantitative estimate of drug-likeness (QED) is 0.329. The van der Waals surface area contributed by atoms with Crippen LogP contribution >= 0.6 is 11.6 Å². The number of hydrogen-bond acceptors (Lipinski definition) is 7. The summed E-state index contributed by atoms with van der Waals surface area (Å²) < 4.78 is 23.1. The number of carbonyl (C=O) groups is 1. The number of ether oxygens (including phenoxy) is 3. The van der Waals surface area contributed by atoms with Gasteiger partial charge in [0.1, 0.15) is 16.7 Å². The molecule has 1 N–H and O–H groups in total. The largest absolute Gasteiger partial charge is 0.493 e.